The predicted octanol–water partition coefficient (Wildman–Crippen LogP) is 3.53. The Kier molecular flexibility index (Phi) is 6.27. The molecule has 110 valence electrons. The first kappa shape index (κ1) is 16.6. The largest absolute Gasteiger partial charge is 0.347 e. The number of hydrogen-bond donors (Lipinski definition) is 1. The van der Waals surface area contributed by atoms with E-state index in [0.29, 0.717) is 0 Å². The third-order valence-electron chi connectivity index (χ3n) is 3.06. The van der Waals surface area contributed by atoms with Crippen molar-refractivity contribution in [2.75, 3.05) is 14.1 Å². The minimum absolute atomic E-state index is 0.759. The van der Waals surface area contributed by atoms with Gasteiger partial charge in [0.25, 0.3) is 0 Å². The van der Waals surface area contributed by atoms with E-state index in [2.05, 4.69) is 11.6 Å². The normalized spacial score (nSPS) is 18.9. The lowest BCUT2D eigenvalue weighted by Gasteiger charge is -2.26. The van der Waals surface area contributed by atoms with Crippen LogP contribution in [0.1, 0.15) is 13.8 Å². The number of nitrogens with zero attached hydrogens (tertiary/aromatic N) is 3. The monoisotopic (exact) mass is 282 g/mol. The maximum absolute atomic E-state index is 7.50. The molecule has 1 N–H and O–H groups in total. The van der Waals surface area contributed by atoms with Crippen LogP contribution in [-0.4, -0.2) is 37.1 Å². The number of allylic oxidation sites excluding steroid dienone is 6. The van der Waals surface area contributed by atoms with Gasteiger partial charge in [-0.25, -0.2) is 4.99 Å². The number of hydrogen-bond acceptors (Lipinski definition) is 4. The van der Waals surface area contributed by atoms with Gasteiger partial charge in [0.2, 0.25) is 0 Å². The van der Waals surface area contributed by atoms with Crippen molar-refractivity contribution < 1.29 is 0 Å². The van der Waals surface area contributed by atoms with Crippen LogP contribution in [0.5, 0.6) is 0 Å². The molecule has 0 radical (unpaired) electrons. The summed E-state index contributed by atoms with van der Waals surface area (Å²) in [6.45, 7) is 7.61. The maximum atomic E-state index is 7.50. The van der Waals surface area contributed by atoms with Gasteiger partial charge in [-0.2, -0.15) is 0 Å². The molecule has 0 bridgehead atoms. The van der Waals surface area contributed by atoms with Crippen molar-refractivity contribution in [2.24, 2.45) is 9.98 Å². The molecule has 0 saturated heterocycles. The molecule has 0 unspecified atom stereocenters. The highest BCUT2D eigenvalue weighted by Crippen LogP contribution is 2.23. The lowest BCUT2D eigenvalue weighted by Crippen LogP contribution is -2.25. The first-order chi connectivity index (χ1) is 10.1. The first-order valence-corrected chi connectivity index (χ1v) is 6.75. The molecule has 0 aromatic rings. The second-order valence-electron chi connectivity index (χ2n) is 4.39. The summed E-state index contributed by atoms with van der Waals surface area (Å²) in [6, 6.07) is 0. The van der Waals surface area contributed by atoms with Crippen LogP contribution in [0.15, 0.2) is 69.6 Å². The maximum Gasteiger partial charge on any atom is 0.0958 e. The molecule has 1 rings (SSSR count). The summed E-state index contributed by atoms with van der Waals surface area (Å²) in [5, 5.41) is 7.50. The molecule has 0 aromatic heterocycles. The lowest BCUT2D eigenvalue weighted by atomic mass is 10.0. The van der Waals surface area contributed by atoms with E-state index in [4.69, 9.17) is 10.4 Å². The highest BCUT2D eigenvalue weighted by Gasteiger charge is 2.20. The number of aliphatic imine (C=N–C) groups is 2. The third kappa shape index (κ3) is 3.75. The van der Waals surface area contributed by atoms with Gasteiger partial charge in [0.15, 0.2) is 0 Å². The Morgan fingerprint density at radius 2 is 2.00 bits per heavy atom. The van der Waals surface area contributed by atoms with Gasteiger partial charge < -0.3 is 10.3 Å². The summed E-state index contributed by atoms with van der Waals surface area (Å²) >= 11 is 0. The van der Waals surface area contributed by atoms with Crippen LogP contribution < -0.4 is 0 Å². The fraction of sp³-hybridized carbons (Fsp3) is 0.235. The van der Waals surface area contributed by atoms with Gasteiger partial charge in [0, 0.05) is 43.9 Å². The zero-order chi connectivity index (χ0) is 15.8. The van der Waals surface area contributed by atoms with Crippen molar-refractivity contribution in [3.8, 4) is 0 Å². The smallest absolute Gasteiger partial charge is 0.0958 e. The van der Waals surface area contributed by atoms with E-state index in [9.17, 15) is 0 Å². The molecule has 4 nitrogen and oxygen atoms in total. The summed E-state index contributed by atoms with van der Waals surface area (Å²) < 4.78 is 0. The van der Waals surface area contributed by atoms with Crippen LogP contribution >= 0.6 is 0 Å². The van der Waals surface area contributed by atoms with Gasteiger partial charge >= 0.3 is 0 Å². The Bertz CT molecular complexity index is 598. The van der Waals surface area contributed by atoms with Crippen molar-refractivity contribution >= 4 is 18.1 Å². The average molecular weight is 282 g/mol. The van der Waals surface area contributed by atoms with Crippen LogP contribution in [0.4, 0.5) is 0 Å². The standard InChI is InChI=1S/C17H22N4/c1-6-9-16-17(14(8-3)11-19-4)20-15(12-21(16)5)13(7-2)10-18/h6-12,18H,1H2,2-5H3/b13-7+,14-8+,16-9-,18-10?,19-11-. The molecule has 0 aliphatic carbocycles. The van der Waals surface area contributed by atoms with E-state index in [-0.39, 0.29) is 0 Å². The van der Waals surface area contributed by atoms with Gasteiger partial charge in [-0.3, -0.25) is 4.99 Å². The fourth-order valence-electron chi connectivity index (χ4n) is 2.00. The Balaban J connectivity index is 3.49. The quantitative estimate of drug-likeness (QED) is 0.771. The molecular formula is C17H22N4. The minimum Gasteiger partial charge on any atom is -0.347 e. The van der Waals surface area contributed by atoms with Gasteiger partial charge in [-0.1, -0.05) is 24.8 Å². The SMILES string of the molecule is C=C/C=C1/C(C(/C=N\C)=C/C)=NC(/C(C=N)=C/C)=CN1C. The molecule has 0 atom stereocenters. The van der Waals surface area contributed by atoms with Crippen molar-refractivity contribution in [3.05, 3.63) is 59.6 Å². The zero-order valence-electron chi connectivity index (χ0n) is 13.1. The van der Waals surface area contributed by atoms with Crippen LogP contribution in [0.25, 0.3) is 0 Å². The van der Waals surface area contributed by atoms with E-state index in [0.717, 1.165) is 28.3 Å². The Morgan fingerprint density at radius 3 is 2.48 bits per heavy atom. The van der Waals surface area contributed by atoms with Gasteiger partial charge in [0.05, 0.1) is 17.1 Å². The van der Waals surface area contributed by atoms with E-state index in [1.54, 1.807) is 19.3 Å². The molecule has 1 aliphatic heterocycles. The van der Waals surface area contributed by atoms with E-state index < -0.39 is 0 Å². The second kappa shape index (κ2) is 7.94. The lowest BCUT2D eigenvalue weighted by molar-refractivity contribution is 0.586. The zero-order valence-corrected chi connectivity index (χ0v) is 13.1. The van der Waals surface area contributed by atoms with Crippen LogP contribution in [0.2, 0.25) is 0 Å². The molecule has 0 saturated carbocycles. The summed E-state index contributed by atoms with van der Waals surface area (Å²) in [6.07, 6.45) is 12.5. The van der Waals surface area contributed by atoms with Crippen LogP contribution in [-0.2, 0) is 0 Å². The molecular weight excluding hydrogens is 260 g/mol. The van der Waals surface area contributed by atoms with Crippen LogP contribution in [0, 0.1) is 5.41 Å². The molecule has 0 spiro atoms. The fourth-order valence-corrected chi connectivity index (χ4v) is 2.00. The summed E-state index contributed by atoms with van der Waals surface area (Å²) in [5.41, 5.74) is 4.24. The topological polar surface area (TPSA) is 51.8 Å². The third-order valence-corrected chi connectivity index (χ3v) is 3.06. The Hall–Kier alpha value is -2.49. The van der Waals surface area contributed by atoms with E-state index in [1.807, 2.05) is 50.2 Å². The molecule has 1 heterocycles. The number of rotatable bonds is 5. The van der Waals surface area contributed by atoms with Crippen LogP contribution in [0.3, 0.4) is 0 Å². The van der Waals surface area contributed by atoms with Gasteiger partial charge in [-0.15, -0.1) is 0 Å². The minimum atomic E-state index is 0.759. The summed E-state index contributed by atoms with van der Waals surface area (Å²) in [4.78, 5) is 10.8. The molecule has 0 aromatic carbocycles. The highest BCUT2D eigenvalue weighted by molar-refractivity contribution is 6.24. The molecule has 4 heteroatoms. The van der Waals surface area contributed by atoms with Crippen molar-refractivity contribution in [2.45, 2.75) is 13.8 Å². The van der Waals surface area contributed by atoms with Crippen molar-refractivity contribution in [1.29, 1.82) is 5.41 Å². The molecule has 1 aliphatic rings. The molecule has 0 fully saturated rings. The Morgan fingerprint density at radius 1 is 1.33 bits per heavy atom. The highest BCUT2D eigenvalue weighted by atomic mass is 15.1. The summed E-state index contributed by atoms with van der Waals surface area (Å²) in [5.74, 6) is 0. The van der Waals surface area contributed by atoms with Crippen molar-refractivity contribution in [3.63, 3.8) is 0 Å². The molecule has 0 amide bonds. The Labute approximate surface area is 126 Å². The van der Waals surface area contributed by atoms with E-state index in [1.165, 1.54) is 6.21 Å². The molecule has 21 heavy (non-hydrogen) atoms. The second-order valence-corrected chi connectivity index (χ2v) is 4.39. The van der Waals surface area contributed by atoms with E-state index >= 15 is 0 Å². The summed E-state index contributed by atoms with van der Waals surface area (Å²) in [7, 11) is 3.69. The number of nitrogens with one attached hydrogen (secondary N) is 1. The predicted molar refractivity (Wildman–Crippen MR) is 92.3 cm³/mol. The van der Waals surface area contributed by atoms with Gasteiger partial charge in [-0.05, 0) is 19.9 Å². The first-order valence-electron chi connectivity index (χ1n) is 6.75. The van der Waals surface area contributed by atoms with Gasteiger partial charge in [0.1, 0.15) is 0 Å². The average Bonchev–Trinajstić information content (AvgIpc) is 2.48. The van der Waals surface area contributed by atoms with Crippen molar-refractivity contribution in [1.82, 2.24) is 4.90 Å².